The van der Waals surface area contributed by atoms with Crippen molar-refractivity contribution in [2.75, 3.05) is 6.54 Å². The number of hydrogen-bond donors (Lipinski definition) is 1. The minimum Gasteiger partial charge on any atom is -0.390 e. The van der Waals surface area contributed by atoms with E-state index in [1.54, 1.807) is 29.0 Å². The monoisotopic (exact) mass is 374 g/mol. The van der Waals surface area contributed by atoms with Crippen LogP contribution in [0, 0.1) is 11.3 Å². The lowest BCUT2D eigenvalue weighted by Gasteiger charge is -2.10. The highest BCUT2D eigenvalue weighted by atomic mass is 16.6. The van der Waals surface area contributed by atoms with Gasteiger partial charge in [0.1, 0.15) is 17.7 Å². The number of nitriles is 1. The van der Waals surface area contributed by atoms with Crippen LogP contribution in [0.25, 0.3) is 16.8 Å². The first kappa shape index (κ1) is 17.7. The zero-order valence-corrected chi connectivity index (χ0v) is 15.3. The summed E-state index contributed by atoms with van der Waals surface area (Å²) in [5.41, 5.74) is 4.13. The van der Waals surface area contributed by atoms with Crippen LogP contribution in [0.3, 0.4) is 0 Å². The second-order valence-electron chi connectivity index (χ2n) is 6.51. The molecule has 28 heavy (non-hydrogen) atoms. The number of hydrogen-bond acceptors (Lipinski definition) is 6. The molecule has 0 radical (unpaired) electrons. The van der Waals surface area contributed by atoms with Crippen LogP contribution < -0.4 is 5.32 Å². The number of nitrogens with one attached hydrogen (secondary N) is 1. The molecule has 0 saturated carbocycles. The number of nitrogens with zero attached hydrogens (tertiary/aromatic N) is 5. The van der Waals surface area contributed by atoms with E-state index >= 15 is 0 Å². The van der Waals surface area contributed by atoms with Crippen LogP contribution in [-0.2, 0) is 4.84 Å². The average molecular weight is 374 g/mol. The van der Waals surface area contributed by atoms with Gasteiger partial charge < -0.3 is 10.2 Å². The average Bonchev–Trinajstić information content (AvgIpc) is 3.38. The molecule has 0 aliphatic carbocycles. The van der Waals surface area contributed by atoms with Gasteiger partial charge in [0.05, 0.1) is 18.5 Å². The molecule has 1 aliphatic rings. The highest BCUT2D eigenvalue weighted by molar-refractivity contribution is 5.95. The number of aromatic nitrogens is 3. The first-order chi connectivity index (χ1) is 13.7. The zero-order valence-electron chi connectivity index (χ0n) is 15.3. The summed E-state index contributed by atoms with van der Waals surface area (Å²) in [7, 11) is 0. The fourth-order valence-electron chi connectivity index (χ4n) is 3.06. The lowest BCUT2D eigenvalue weighted by Crippen LogP contribution is -2.32. The van der Waals surface area contributed by atoms with Crippen LogP contribution in [0.5, 0.6) is 0 Å². The molecule has 4 rings (SSSR count). The van der Waals surface area contributed by atoms with Gasteiger partial charge >= 0.3 is 0 Å². The minimum absolute atomic E-state index is 0.108. The summed E-state index contributed by atoms with van der Waals surface area (Å²) in [4.78, 5) is 22.2. The van der Waals surface area contributed by atoms with Gasteiger partial charge in [-0.05, 0) is 24.1 Å². The van der Waals surface area contributed by atoms with Gasteiger partial charge in [-0.2, -0.15) is 10.4 Å². The van der Waals surface area contributed by atoms with Crippen molar-refractivity contribution in [3.05, 3.63) is 54.0 Å². The van der Waals surface area contributed by atoms with Crippen LogP contribution in [-0.4, -0.2) is 38.9 Å². The van der Waals surface area contributed by atoms with Gasteiger partial charge in [-0.1, -0.05) is 24.2 Å². The third-order valence-electron chi connectivity index (χ3n) is 4.63. The summed E-state index contributed by atoms with van der Waals surface area (Å²) >= 11 is 0. The molecule has 1 unspecified atom stereocenters. The molecule has 0 fully saturated rings. The van der Waals surface area contributed by atoms with E-state index in [9.17, 15) is 4.79 Å². The molecule has 1 aromatic carbocycles. The summed E-state index contributed by atoms with van der Waals surface area (Å²) in [6.45, 7) is 2.44. The van der Waals surface area contributed by atoms with Crippen molar-refractivity contribution in [2.45, 2.75) is 25.9 Å². The third kappa shape index (κ3) is 3.42. The van der Waals surface area contributed by atoms with E-state index in [1.165, 1.54) is 6.20 Å². The van der Waals surface area contributed by atoms with E-state index in [1.807, 2.05) is 19.1 Å². The second kappa shape index (κ2) is 7.48. The molecule has 1 amide bonds. The largest absolute Gasteiger partial charge is 0.390 e. The maximum absolute atomic E-state index is 12.5. The lowest BCUT2D eigenvalue weighted by molar-refractivity contribution is 0.0753. The van der Waals surface area contributed by atoms with Crippen LogP contribution >= 0.6 is 0 Å². The van der Waals surface area contributed by atoms with Gasteiger partial charge in [-0.15, -0.1) is 0 Å². The number of carbonyl (C=O) groups excluding carboxylic acids is 1. The Bertz CT molecular complexity index is 1110. The molecule has 0 saturated heterocycles. The van der Waals surface area contributed by atoms with E-state index in [-0.39, 0.29) is 12.0 Å². The van der Waals surface area contributed by atoms with Gasteiger partial charge in [0.15, 0.2) is 5.65 Å². The molecule has 2 aromatic heterocycles. The van der Waals surface area contributed by atoms with E-state index in [0.29, 0.717) is 23.3 Å². The van der Waals surface area contributed by atoms with Gasteiger partial charge in [0.2, 0.25) is 0 Å². The highest BCUT2D eigenvalue weighted by Gasteiger charge is 2.20. The number of rotatable bonds is 5. The van der Waals surface area contributed by atoms with E-state index in [2.05, 4.69) is 26.6 Å². The van der Waals surface area contributed by atoms with Crippen molar-refractivity contribution < 1.29 is 9.63 Å². The van der Waals surface area contributed by atoms with E-state index in [4.69, 9.17) is 10.1 Å². The number of fused-ring (bicyclic) bond motifs is 1. The molecule has 8 nitrogen and oxygen atoms in total. The Kier molecular flexibility index (Phi) is 4.72. The topological polar surface area (TPSA) is 105 Å². The van der Waals surface area contributed by atoms with Crippen molar-refractivity contribution in [1.29, 1.82) is 5.26 Å². The van der Waals surface area contributed by atoms with Crippen LogP contribution in [0.4, 0.5) is 0 Å². The molecule has 1 N–H and O–H groups in total. The van der Waals surface area contributed by atoms with Gasteiger partial charge in [0.25, 0.3) is 5.91 Å². The smallest absolute Gasteiger partial charge is 0.251 e. The fraction of sp³-hybridized carbons (Fsp3) is 0.250. The molecule has 0 spiro atoms. The summed E-state index contributed by atoms with van der Waals surface area (Å²) < 4.78 is 1.56. The quantitative estimate of drug-likeness (QED) is 0.739. The first-order valence-corrected chi connectivity index (χ1v) is 9.01. The van der Waals surface area contributed by atoms with Crippen LogP contribution in [0.15, 0.2) is 48.0 Å². The first-order valence-electron chi connectivity index (χ1n) is 9.01. The lowest BCUT2D eigenvalue weighted by atomic mass is 10.1. The van der Waals surface area contributed by atoms with Crippen molar-refractivity contribution in [1.82, 2.24) is 19.9 Å². The van der Waals surface area contributed by atoms with Crippen molar-refractivity contribution in [3.63, 3.8) is 0 Å². The summed E-state index contributed by atoms with van der Waals surface area (Å²) in [6.07, 6.45) is 6.44. The minimum atomic E-state index is -0.171. The number of amides is 1. The fourth-order valence-corrected chi connectivity index (χ4v) is 3.06. The maximum Gasteiger partial charge on any atom is 0.251 e. The van der Waals surface area contributed by atoms with Crippen molar-refractivity contribution in [2.24, 2.45) is 5.16 Å². The molecular formula is C20H18N6O2. The molecular weight excluding hydrogens is 356 g/mol. The van der Waals surface area contributed by atoms with E-state index < -0.39 is 0 Å². The Morgan fingerprint density at radius 1 is 1.39 bits per heavy atom. The van der Waals surface area contributed by atoms with Crippen molar-refractivity contribution >= 4 is 17.3 Å². The molecule has 3 heterocycles. The Balaban J connectivity index is 1.48. The van der Waals surface area contributed by atoms with Crippen molar-refractivity contribution in [3.8, 4) is 17.2 Å². The standard InChI is InChI=1S/C20H18N6O2/c1-2-17-7-18(28-25-17)11-23-20(27)14-5-3-4-13(6-14)16-9-22-19-15(8-21)10-24-26(19)12-16/h3-6,9-10,12,18H,2,7,11H2,1H3,(H,23,27). The Hall–Kier alpha value is -3.73. The molecule has 3 aromatic rings. The number of benzene rings is 1. The molecule has 0 bridgehead atoms. The summed E-state index contributed by atoms with van der Waals surface area (Å²) in [5.74, 6) is -0.171. The molecule has 1 aliphatic heterocycles. The van der Waals surface area contributed by atoms with Crippen LogP contribution in [0.2, 0.25) is 0 Å². The highest BCUT2D eigenvalue weighted by Crippen LogP contribution is 2.21. The summed E-state index contributed by atoms with van der Waals surface area (Å²) in [5, 5.41) is 20.1. The van der Waals surface area contributed by atoms with E-state index in [0.717, 1.165) is 29.7 Å². The Morgan fingerprint density at radius 2 is 2.29 bits per heavy atom. The maximum atomic E-state index is 12.5. The third-order valence-corrected chi connectivity index (χ3v) is 4.63. The molecule has 1 atom stereocenters. The predicted octanol–water partition coefficient (Wildman–Crippen LogP) is 2.55. The van der Waals surface area contributed by atoms with Gasteiger partial charge in [-0.3, -0.25) is 4.79 Å². The summed E-state index contributed by atoms with van der Waals surface area (Å²) in [6, 6.07) is 9.34. The normalized spacial score (nSPS) is 15.7. The SMILES string of the molecule is CCC1=NOC(CNC(=O)c2cccc(-c3cnc4c(C#N)cnn4c3)c2)C1. The Morgan fingerprint density at radius 3 is 3.07 bits per heavy atom. The van der Waals surface area contributed by atoms with Gasteiger partial charge in [-0.25, -0.2) is 9.50 Å². The van der Waals surface area contributed by atoms with Crippen LogP contribution in [0.1, 0.15) is 35.7 Å². The second-order valence-corrected chi connectivity index (χ2v) is 6.51. The Labute approximate surface area is 161 Å². The molecule has 8 heteroatoms. The van der Waals surface area contributed by atoms with Gasteiger partial charge in [0, 0.05) is 29.9 Å². The predicted molar refractivity (Wildman–Crippen MR) is 103 cm³/mol. The zero-order chi connectivity index (χ0) is 19.5. The number of carbonyl (C=O) groups is 1. The number of oxime groups is 1. The molecule has 140 valence electrons.